The molecule has 2 heterocycles. The molecular weight excluding hydrogens is 270 g/mol. The number of hydrogen-bond donors (Lipinski definition) is 0. The van der Waals surface area contributed by atoms with Gasteiger partial charge in [-0.3, -0.25) is 0 Å². The molecule has 0 N–H and O–H groups in total. The number of hydrogen-bond acceptors (Lipinski definition) is 2. The summed E-state index contributed by atoms with van der Waals surface area (Å²) in [5, 5.41) is 0. The Morgan fingerprint density at radius 1 is 1.53 bits per heavy atom. The lowest BCUT2D eigenvalue weighted by Crippen LogP contribution is -2.26. The highest BCUT2D eigenvalue weighted by Crippen LogP contribution is 2.41. The number of halogens is 1. The van der Waals surface area contributed by atoms with E-state index in [9.17, 15) is 0 Å². The molecular formula is C12H16BrNS. The zero-order chi connectivity index (χ0) is 10.9. The molecule has 1 atom stereocenters. The van der Waals surface area contributed by atoms with Gasteiger partial charge in [-0.2, -0.15) is 11.8 Å². The van der Waals surface area contributed by atoms with Crippen molar-refractivity contribution < 1.29 is 0 Å². The smallest absolute Gasteiger partial charge is 0.106 e. The van der Waals surface area contributed by atoms with Crippen LogP contribution in [-0.4, -0.2) is 16.5 Å². The molecule has 1 aromatic heterocycles. The van der Waals surface area contributed by atoms with Crippen molar-refractivity contribution >= 4 is 27.7 Å². The lowest BCUT2D eigenvalue weighted by Gasteiger charge is -2.26. The molecule has 0 aromatic carbocycles. The highest BCUT2D eigenvalue weighted by Gasteiger charge is 2.35. The van der Waals surface area contributed by atoms with Gasteiger partial charge in [0.1, 0.15) is 4.60 Å². The van der Waals surface area contributed by atoms with Crippen LogP contribution in [0.1, 0.15) is 31.0 Å². The van der Waals surface area contributed by atoms with Gasteiger partial charge in [0.05, 0.1) is 0 Å². The molecule has 0 saturated carbocycles. The summed E-state index contributed by atoms with van der Waals surface area (Å²) in [4.78, 5) is 4.66. The van der Waals surface area contributed by atoms with Gasteiger partial charge in [-0.15, -0.1) is 0 Å². The van der Waals surface area contributed by atoms with Crippen molar-refractivity contribution in [3.8, 4) is 0 Å². The Kier molecular flexibility index (Phi) is 3.41. The van der Waals surface area contributed by atoms with Crippen LogP contribution in [0.5, 0.6) is 0 Å². The van der Waals surface area contributed by atoms with E-state index in [0.717, 1.165) is 4.60 Å². The largest absolute Gasteiger partial charge is 0.245 e. The molecule has 0 radical (unpaired) electrons. The maximum atomic E-state index is 4.66. The molecule has 3 heteroatoms. The van der Waals surface area contributed by atoms with E-state index < -0.39 is 0 Å². The second-order valence-electron chi connectivity index (χ2n) is 4.29. The molecule has 0 spiro atoms. The SMILES string of the molecule is CCC1(c2cc(C)cc(Br)n2)CCSC1. The van der Waals surface area contributed by atoms with Gasteiger partial charge in [-0.25, -0.2) is 4.98 Å². The Bertz CT molecular complexity index is 338. The molecule has 15 heavy (non-hydrogen) atoms. The molecule has 1 aromatic rings. The summed E-state index contributed by atoms with van der Waals surface area (Å²) in [6.07, 6.45) is 2.47. The molecule has 1 aliphatic heterocycles. The van der Waals surface area contributed by atoms with Gasteiger partial charge < -0.3 is 0 Å². The number of thioether (sulfide) groups is 1. The Hall–Kier alpha value is -0.0200. The van der Waals surface area contributed by atoms with Crippen LogP contribution in [0, 0.1) is 6.92 Å². The van der Waals surface area contributed by atoms with E-state index in [-0.39, 0.29) is 0 Å². The van der Waals surface area contributed by atoms with Gasteiger partial charge in [0.2, 0.25) is 0 Å². The van der Waals surface area contributed by atoms with E-state index in [1.54, 1.807) is 0 Å². The number of aryl methyl sites for hydroxylation is 1. The zero-order valence-corrected chi connectivity index (χ0v) is 11.6. The predicted octanol–water partition coefficient (Wildman–Crippen LogP) is 3.94. The van der Waals surface area contributed by atoms with Gasteiger partial charge in [-0.05, 0) is 59.1 Å². The fourth-order valence-corrected chi connectivity index (χ4v) is 4.28. The van der Waals surface area contributed by atoms with Gasteiger partial charge in [-0.1, -0.05) is 6.92 Å². The lowest BCUT2D eigenvalue weighted by atomic mass is 9.81. The fourth-order valence-electron chi connectivity index (χ4n) is 2.17. The van der Waals surface area contributed by atoms with Gasteiger partial charge in [0.15, 0.2) is 0 Å². The zero-order valence-electron chi connectivity index (χ0n) is 9.22. The van der Waals surface area contributed by atoms with Crippen LogP contribution in [0.15, 0.2) is 16.7 Å². The summed E-state index contributed by atoms with van der Waals surface area (Å²) in [6.45, 7) is 4.42. The van der Waals surface area contributed by atoms with Crippen molar-refractivity contribution in [1.82, 2.24) is 4.98 Å². The molecule has 1 nitrogen and oxygen atoms in total. The molecule has 2 rings (SSSR count). The van der Waals surface area contributed by atoms with Gasteiger partial charge >= 0.3 is 0 Å². The summed E-state index contributed by atoms with van der Waals surface area (Å²) in [6, 6.07) is 4.33. The van der Waals surface area contributed by atoms with E-state index in [0.29, 0.717) is 5.41 Å². The minimum atomic E-state index is 0.333. The van der Waals surface area contributed by atoms with Crippen molar-refractivity contribution in [2.75, 3.05) is 11.5 Å². The first kappa shape index (κ1) is 11.5. The van der Waals surface area contributed by atoms with E-state index >= 15 is 0 Å². The molecule has 0 aliphatic carbocycles. The maximum absolute atomic E-state index is 4.66. The maximum Gasteiger partial charge on any atom is 0.106 e. The topological polar surface area (TPSA) is 12.9 Å². The van der Waals surface area contributed by atoms with E-state index in [2.05, 4.69) is 58.7 Å². The summed E-state index contributed by atoms with van der Waals surface area (Å²) in [5.74, 6) is 2.51. The number of rotatable bonds is 2. The van der Waals surface area contributed by atoms with E-state index in [4.69, 9.17) is 0 Å². The molecule has 1 fully saturated rings. The minimum Gasteiger partial charge on any atom is -0.245 e. The van der Waals surface area contributed by atoms with Crippen LogP contribution in [0.3, 0.4) is 0 Å². The molecule has 1 unspecified atom stereocenters. The first-order valence-electron chi connectivity index (χ1n) is 5.39. The third-order valence-electron chi connectivity index (χ3n) is 3.26. The summed E-state index contributed by atoms with van der Waals surface area (Å²) in [7, 11) is 0. The molecule has 0 bridgehead atoms. The summed E-state index contributed by atoms with van der Waals surface area (Å²) >= 11 is 5.55. The second kappa shape index (κ2) is 4.46. The third-order valence-corrected chi connectivity index (χ3v) is 4.92. The Morgan fingerprint density at radius 2 is 2.33 bits per heavy atom. The van der Waals surface area contributed by atoms with Gasteiger partial charge in [0, 0.05) is 16.9 Å². The van der Waals surface area contributed by atoms with Crippen LogP contribution in [0.25, 0.3) is 0 Å². The first-order chi connectivity index (χ1) is 7.16. The number of aromatic nitrogens is 1. The highest BCUT2D eigenvalue weighted by atomic mass is 79.9. The average molecular weight is 286 g/mol. The van der Waals surface area contributed by atoms with Crippen molar-refractivity contribution in [3.63, 3.8) is 0 Å². The monoisotopic (exact) mass is 285 g/mol. The molecule has 0 amide bonds. The Morgan fingerprint density at radius 3 is 2.87 bits per heavy atom. The van der Waals surface area contributed by atoms with Crippen LogP contribution >= 0.6 is 27.7 Å². The summed E-state index contributed by atoms with van der Waals surface area (Å²) in [5.41, 5.74) is 2.91. The molecule has 1 aliphatic rings. The summed E-state index contributed by atoms with van der Waals surface area (Å²) < 4.78 is 0.974. The average Bonchev–Trinajstić information content (AvgIpc) is 2.65. The van der Waals surface area contributed by atoms with Crippen molar-refractivity contribution in [3.05, 3.63) is 28.0 Å². The lowest BCUT2D eigenvalue weighted by molar-refractivity contribution is 0.453. The van der Waals surface area contributed by atoms with E-state index in [1.807, 2.05) is 0 Å². The third kappa shape index (κ3) is 2.23. The molecule has 1 saturated heterocycles. The van der Waals surface area contributed by atoms with Crippen LogP contribution < -0.4 is 0 Å². The van der Waals surface area contributed by atoms with E-state index in [1.165, 1.54) is 35.6 Å². The minimum absolute atomic E-state index is 0.333. The Labute approximate surface area is 104 Å². The van der Waals surface area contributed by atoms with Crippen molar-refractivity contribution in [2.24, 2.45) is 0 Å². The van der Waals surface area contributed by atoms with Crippen LogP contribution in [0.4, 0.5) is 0 Å². The molecule has 82 valence electrons. The number of pyridine rings is 1. The van der Waals surface area contributed by atoms with Gasteiger partial charge in [0.25, 0.3) is 0 Å². The Balaban J connectivity index is 2.42. The predicted molar refractivity (Wildman–Crippen MR) is 70.6 cm³/mol. The second-order valence-corrected chi connectivity index (χ2v) is 6.21. The highest BCUT2D eigenvalue weighted by molar-refractivity contribution is 9.10. The quantitative estimate of drug-likeness (QED) is 0.764. The standard InChI is InChI=1S/C12H16BrNS/c1-3-12(4-5-15-8-12)10-6-9(2)7-11(13)14-10/h6-7H,3-5,8H2,1-2H3. The van der Waals surface area contributed by atoms with Crippen molar-refractivity contribution in [2.45, 2.75) is 32.1 Å². The number of nitrogens with zero attached hydrogens (tertiary/aromatic N) is 1. The first-order valence-corrected chi connectivity index (χ1v) is 7.33. The van der Waals surface area contributed by atoms with Crippen molar-refractivity contribution in [1.29, 1.82) is 0 Å². The normalized spacial score (nSPS) is 25.8. The van der Waals surface area contributed by atoms with Crippen LogP contribution in [-0.2, 0) is 5.41 Å². The van der Waals surface area contributed by atoms with Crippen LogP contribution in [0.2, 0.25) is 0 Å². The fraction of sp³-hybridized carbons (Fsp3) is 0.583.